The Kier molecular flexibility index (Phi) is 4.39. The molecule has 2 unspecified atom stereocenters. The van der Waals surface area contributed by atoms with Gasteiger partial charge in [0.25, 0.3) is 0 Å². The van der Waals surface area contributed by atoms with Gasteiger partial charge in [-0.3, -0.25) is 4.79 Å². The molecule has 0 saturated carbocycles. The first kappa shape index (κ1) is 10.7. The quantitative estimate of drug-likeness (QED) is 0.611. The van der Waals surface area contributed by atoms with E-state index in [0.29, 0.717) is 17.6 Å². The lowest BCUT2D eigenvalue weighted by atomic mass is 9.82. The molecular formula is C10H20O. The molecule has 0 radical (unpaired) electrons. The molecule has 0 saturated heterocycles. The Bertz CT molecular complexity index is 129. The third-order valence-corrected chi connectivity index (χ3v) is 2.97. The average molecular weight is 156 g/mol. The van der Waals surface area contributed by atoms with Gasteiger partial charge in [-0.1, -0.05) is 34.1 Å². The summed E-state index contributed by atoms with van der Waals surface area (Å²) in [5.74, 6) is 1.73. The molecule has 0 aromatic carbocycles. The summed E-state index contributed by atoms with van der Waals surface area (Å²) in [6, 6.07) is 0. The maximum atomic E-state index is 11.0. The summed E-state index contributed by atoms with van der Waals surface area (Å²) in [4.78, 5) is 11.0. The average Bonchev–Trinajstić information content (AvgIpc) is 2.00. The first-order valence-electron chi connectivity index (χ1n) is 4.51. The van der Waals surface area contributed by atoms with E-state index in [1.807, 2.05) is 6.92 Å². The van der Waals surface area contributed by atoms with Crippen LogP contribution < -0.4 is 0 Å². The van der Waals surface area contributed by atoms with Gasteiger partial charge in [0, 0.05) is 5.92 Å². The molecule has 3 atom stereocenters. The molecule has 0 fully saturated rings. The van der Waals surface area contributed by atoms with Crippen molar-refractivity contribution >= 4 is 5.78 Å². The molecule has 0 amide bonds. The van der Waals surface area contributed by atoms with Crippen LogP contribution in [0.4, 0.5) is 0 Å². The van der Waals surface area contributed by atoms with Gasteiger partial charge >= 0.3 is 0 Å². The van der Waals surface area contributed by atoms with E-state index in [1.165, 1.54) is 6.42 Å². The van der Waals surface area contributed by atoms with Crippen molar-refractivity contribution in [3.8, 4) is 0 Å². The standard InChI is InChI=1S/C10H20O/c1-6-7(2)8(3)9(4)10(5)11/h7-9H,6H2,1-5H3/t7?,8-,9?/m0/s1. The van der Waals surface area contributed by atoms with E-state index >= 15 is 0 Å². The molecular weight excluding hydrogens is 136 g/mol. The van der Waals surface area contributed by atoms with E-state index in [1.54, 1.807) is 6.92 Å². The summed E-state index contributed by atoms with van der Waals surface area (Å²) in [5.41, 5.74) is 0. The Hall–Kier alpha value is -0.330. The summed E-state index contributed by atoms with van der Waals surface area (Å²) >= 11 is 0. The van der Waals surface area contributed by atoms with Crippen molar-refractivity contribution in [2.24, 2.45) is 17.8 Å². The molecule has 0 N–H and O–H groups in total. The molecule has 0 aromatic rings. The molecule has 0 aliphatic carbocycles. The van der Waals surface area contributed by atoms with Crippen molar-refractivity contribution in [3.63, 3.8) is 0 Å². The molecule has 1 heteroatoms. The monoisotopic (exact) mass is 156 g/mol. The maximum Gasteiger partial charge on any atom is 0.132 e. The first-order chi connectivity index (χ1) is 5.00. The first-order valence-corrected chi connectivity index (χ1v) is 4.51. The lowest BCUT2D eigenvalue weighted by molar-refractivity contribution is -0.122. The highest BCUT2D eigenvalue weighted by Crippen LogP contribution is 2.23. The summed E-state index contributed by atoms with van der Waals surface area (Å²) in [5, 5.41) is 0. The molecule has 66 valence electrons. The molecule has 0 spiro atoms. The van der Waals surface area contributed by atoms with Gasteiger partial charge < -0.3 is 0 Å². The minimum Gasteiger partial charge on any atom is -0.300 e. The van der Waals surface area contributed by atoms with Gasteiger partial charge in [0.15, 0.2) is 0 Å². The summed E-state index contributed by atoms with van der Waals surface area (Å²) in [6.07, 6.45) is 1.17. The van der Waals surface area contributed by atoms with Crippen LogP contribution in [0.25, 0.3) is 0 Å². The van der Waals surface area contributed by atoms with E-state index in [0.717, 1.165) is 0 Å². The van der Waals surface area contributed by atoms with Crippen molar-refractivity contribution in [1.29, 1.82) is 0 Å². The normalized spacial score (nSPS) is 19.0. The second-order valence-corrected chi connectivity index (χ2v) is 3.64. The fraction of sp³-hybridized carbons (Fsp3) is 0.900. The number of hydrogen-bond acceptors (Lipinski definition) is 1. The van der Waals surface area contributed by atoms with Gasteiger partial charge in [0.1, 0.15) is 5.78 Å². The van der Waals surface area contributed by atoms with Crippen LogP contribution >= 0.6 is 0 Å². The van der Waals surface area contributed by atoms with E-state index < -0.39 is 0 Å². The maximum absolute atomic E-state index is 11.0. The highest BCUT2D eigenvalue weighted by Gasteiger charge is 2.20. The molecule has 0 aliphatic rings. The second-order valence-electron chi connectivity index (χ2n) is 3.64. The molecule has 0 aliphatic heterocycles. The molecule has 0 bridgehead atoms. The minimum atomic E-state index is 0.227. The van der Waals surface area contributed by atoms with Crippen molar-refractivity contribution in [2.75, 3.05) is 0 Å². The Labute approximate surface area is 70.2 Å². The van der Waals surface area contributed by atoms with Crippen molar-refractivity contribution < 1.29 is 4.79 Å². The highest BCUT2D eigenvalue weighted by atomic mass is 16.1. The van der Waals surface area contributed by atoms with Crippen LogP contribution in [0.2, 0.25) is 0 Å². The fourth-order valence-corrected chi connectivity index (χ4v) is 1.23. The number of rotatable bonds is 4. The van der Waals surface area contributed by atoms with Gasteiger partial charge in [-0.15, -0.1) is 0 Å². The van der Waals surface area contributed by atoms with Crippen LogP contribution in [-0.4, -0.2) is 5.78 Å². The zero-order chi connectivity index (χ0) is 9.02. The Balaban J connectivity index is 4.00. The zero-order valence-electron chi connectivity index (χ0n) is 8.35. The number of Topliss-reactive ketones (excluding diaryl/α,β-unsaturated/α-hetero) is 1. The summed E-state index contributed by atoms with van der Waals surface area (Å²) in [6.45, 7) is 10.3. The van der Waals surface area contributed by atoms with Gasteiger partial charge in [-0.2, -0.15) is 0 Å². The van der Waals surface area contributed by atoms with Gasteiger partial charge in [-0.05, 0) is 18.8 Å². The number of ketones is 1. The molecule has 0 aromatic heterocycles. The molecule has 0 heterocycles. The van der Waals surface area contributed by atoms with Crippen LogP contribution in [0.1, 0.15) is 41.0 Å². The van der Waals surface area contributed by atoms with Crippen LogP contribution in [-0.2, 0) is 4.79 Å². The number of carbonyl (C=O) groups is 1. The Morgan fingerprint density at radius 2 is 1.73 bits per heavy atom. The predicted octanol–water partition coefficient (Wildman–Crippen LogP) is 2.89. The minimum absolute atomic E-state index is 0.227. The van der Waals surface area contributed by atoms with Crippen molar-refractivity contribution in [2.45, 2.75) is 41.0 Å². The largest absolute Gasteiger partial charge is 0.300 e. The SMILES string of the molecule is CCC(C)[C@H](C)C(C)C(C)=O. The lowest BCUT2D eigenvalue weighted by Gasteiger charge is -2.22. The van der Waals surface area contributed by atoms with E-state index in [2.05, 4.69) is 20.8 Å². The topological polar surface area (TPSA) is 17.1 Å². The van der Waals surface area contributed by atoms with Crippen LogP contribution in [0, 0.1) is 17.8 Å². The number of hydrogen-bond donors (Lipinski definition) is 0. The Morgan fingerprint density at radius 3 is 2.00 bits per heavy atom. The van der Waals surface area contributed by atoms with Gasteiger partial charge in [0.2, 0.25) is 0 Å². The fourth-order valence-electron chi connectivity index (χ4n) is 1.23. The molecule has 1 nitrogen and oxygen atoms in total. The summed E-state index contributed by atoms with van der Waals surface area (Å²) in [7, 11) is 0. The van der Waals surface area contributed by atoms with Gasteiger partial charge in [-0.25, -0.2) is 0 Å². The molecule has 11 heavy (non-hydrogen) atoms. The van der Waals surface area contributed by atoms with E-state index in [9.17, 15) is 4.79 Å². The lowest BCUT2D eigenvalue weighted by Crippen LogP contribution is -2.21. The van der Waals surface area contributed by atoms with Crippen LogP contribution in [0.15, 0.2) is 0 Å². The smallest absolute Gasteiger partial charge is 0.132 e. The van der Waals surface area contributed by atoms with E-state index in [-0.39, 0.29) is 5.92 Å². The Morgan fingerprint density at radius 1 is 1.27 bits per heavy atom. The number of carbonyl (C=O) groups excluding carboxylic acids is 1. The third kappa shape index (κ3) is 3.04. The van der Waals surface area contributed by atoms with Crippen LogP contribution in [0.5, 0.6) is 0 Å². The molecule has 0 rings (SSSR count). The van der Waals surface area contributed by atoms with Crippen molar-refractivity contribution in [1.82, 2.24) is 0 Å². The van der Waals surface area contributed by atoms with Crippen LogP contribution in [0.3, 0.4) is 0 Å². The van der Waals surface area contributed by atoms with Crippen molar-refractivity contribution in [3.05, 3.63) is 0 Å². The highest BCUT2D eigenvalue weighted by molar-refractivity contribution is 5.78. The summed E-state index contributed by atoms with van der Waals surface area (Å²) < 4.78 is 0. The second kappa shape index (κ2) is 4.53. The third-order valence-electron chi connectivity index (χ3n) is 2.97. The van der Waals surface area contributed by atoms with E-state index in [4.69, 9.17) is 0 Å². The van der Waals surface area contributed by atoms with Gasteiger partial charge in [0.05, 0.1) is 0 Å². The zero-order valence-corrected chi connectivity index (χ0v) is 8.35. The predicted molar refractivity (Wildman–Crippen MR) is 48.5 cm³/mol.